The number of rotatable bonds is 5. The minimum atomic E-state index is 0.625. The van der Waals surface area contributed by atoms with Gasteiger partial charge in [-0.25, -0.2) is 9.97 Å². The van der Waals surface area contributed by atoms with Gasteiger partial charge in [-0.3, -0.25) is 0 Å². The average molecular weight is 284 g/mol. The van der Waals surface area contributed by atoms with Gasteiger partial charge in [-0.15, -0.1) is 0 Å². The fraction of sp³-hybridized carbons (Fsp3) is 0.200. The molecule has 0 bridgehead atoms. The van der Waals surface area contributed by atoms with Crippen LogP contribution in [0.3, 0.4) is 0 Å². The predicted molar refractivity (Wildman–Crippen MR) is 80.8 cm³/mol. The lowest BCUT2D eigenvalue weighted by Gasteiger charge is -2.12. The van der Waals surface area contributed by atoms with Crippen LogP contribution in [0.15, 0.2) is 36.9 Å². The summed E-state index contributed by atoms with van der Waals surface area (Å²) in [6, 6.07) is 5.81. The summed E-state index contributed by atoms with van der Waals surface area (Å²) in [7, 11) is 3.25. The molecule has 0 amide bonds. The molecule has 0 radical (unpaired) electrons. The highest BCUT2D eigenvalue weighted by Crippen LogP contribution is 2.34. The molecule has 108 valence electrons. The molecule has 0 fully saturated rings. The number of hydrogen-bond donors (Lipinski definition) is 2. The summed E-state index contributed by atoms with van der Waals surface area (Å²) >= 11 is 0. The maximum absolute atomic E-state index is 5.35. The Morgan fingerprint density at radius 1 is 1.19 bits per heavy atom. The summed E-state index contributed by atoms with van der Waals surface area (Å²) in [5, 5.41) is 5.32. The number of H-pyrrole nitrogens is 1. The SMILES string of the molecule is COc1cc2ccnc(NCc3cnc[nH]3)c2cc1OC. The molecular weight excluding hydrogens is 268 g/mol. The maximum atomic E-state index is 5.35. The van der Waals surface area contributed by atoms with Gasteiger partial charge in [0.25, 0.3) is 0 Å². The van der Waals surface area contributed by atoms with E-state index in [1.165, 1.54) is 0 Å². The molecule has 0 aliphatic heterocycles. The van der Waals surface area contributed by atoms with Crippen molar-refractivity contribution in [1.82, 2.24) is 15.0 Å². The van der Waals surface area contributed by atoms with E-state index in [9.17, 15) is 0 Å². The van der Waals surface area contributed by atoms with Crippen molar-refractivity contribution in [1.29, 1.82) is 0 Å². The van der Waals surface area contributed by atoms with E-state index in [4.69, 9.17) is 9.47 Å². The number of fused-ring (bicyclic) bond motifs is 1. The number of imidazole rings is 1. The molecule has 3 aromatic rings. The minimum Gasteiger partial charge on any atom is -0.493 e. The Bertz CT molecular complexity index is 741. The molecule has 0 aliphatic rings. The van der Waals surface area contributed by atoms with Crippen LogP contribution in [0.2, 0.25) is 0 Å². The smallest absolute Gasteiger partial charge is 0.161 e. The Hall–Kier alpha value is -2.76. The summed E-state index contributed by atoms with van der Waals surface area (Å²) in [5.74, 6) is 2.18. The van der Waals surface area contributed by atoms with Crippen molar-refractivity contribution in [3.63, 3.8) is 0 Å². The van der Waals surface area contributed by atoms with E-state index in [0.29, 0.717) is 18.0 Å². The number of nitrogens with one attached hydrogen (secondary N) is 2. The number of benzene rings is 1. The van der Waals surface area contributed by atoms with Crippen LogP contribution in [-0.2, 0) is 6.54 Å². The third-order valence-electron chi connectivity index (χ3n) is 3.27. The van der Waals surface area contributed by atoms with Gasteiger partial charge in [0, 0.05) is 17.8 Å². The van der Waals surface area contributed by atoms with Crippen molar-refractivity contribution in [2.45, 2.75) is 6.54 Å². The number of methoxy groups -OCH3 is 2. The normalized spacial score (nSPS) is 10.6. The Balaban J connectivity index is 1.98. The van der Waals surface area contributed by atoms with Crippen LogP contribution in [0.1, 0.15) is 5.69 Å². The van der Waals surface area contributed by atoms with E-state index >= 15 is 0 Å². The number of ether oxygens (including phenoxy) is 2. The molecule has 1 aromatic carbocycles. The molecule has 0 saturated heterocycles. The summed E-state index contributed by atoms with van der Waals surface area (Å²) in [6.45, 7) is 0.625. The van der Waals surface area contributed by atoms with E-state index in [1.54, 1.807) is 32.9 Å². The molecule has 0 aliphatic carbocycles. The molecule has 6 nitrogen and oxygen atoms in total. The van der Waals surface area contributed by atoms with Crippen molar-refractivity contribution >= 4 is 16.6 Å². The van der Waals surface area contributed by atoms with Crippen LogP contribution in [0, 0.1) is 0 Å². The summed E-state index contributed by atoms with van der Waals surface area (Å²) < 4.78 is 10.7. The lowest BCUT2D eigenvalue weighted by molar-refractivity contribution is 0.356. The van der Waals surface area contributed by atoms with Crippen LogP contribution in [-0.4, -0.2) is 29.2 Å². The quantitative estimate of drug-likeness (QED) is 0.753. The zero-order chi connectivity index (χ0) is 14.7. The van der Waals surface area contributed by atoms with Crippen molar-refractivity contribution < 1.29 is 9.47 Å². The van der Waals surface area contributed by atoms with E-state index in [-0.39, 0.29) is 0 Å². The van der Waals surface area contributed by atoms with E-state index in [0.717, 1.165) is 22.3 Å². The zero-order valence-corrected chi connectivity index (χ0v) is 11.9. The van der Waals surface area contributed by atoms with Crippen LogP contribution >= 0.6 is 0 Å². The third-order valence-corrected chi connectivity index (χ3v) is 3.27. The number of pyridine rings is 1. The Labute approximate surface area is 122 Å². The van der Waals surface area contributed by atoms with Crippen molar-refractivity contribution in [3.05, 3.63) is 42.6 Å². The summed E-state index contributed by atoms with van der Waals surface area (Å²) in [6.07, 6.45) is 5.20. The van der Waals surface area contributed by atoms with Gasteiger partial charge in [-0.05, 0) is 23.6 Å². The zero-order valence-electron chi connectivity index (χ0n) is 11.9. The van der Waals surface area contributed by atoms with E-state index in [2.05, 4.69) is 20.3 Å². The van der Waals surface area contributed by atoms with Crippen molar-refractivity contribution in [2.75, 3.05) is 19.5 Å². The molecule has 0 spiro atoms. The fourth-order valence-corrected chi connectivity index (χ4v) is 2.20. The first-order chi connectivity index (χ1) is 10.3. The van der Waals surface area contributed by atoms with Gasteiger partial charge in [-0.2, -0.15) is 0 Å². The largest absolute Gasteiger partial charge is 0.493 e. The molecule has 2 N–H and O–H groups in total. The van der Waals surface area contributed by atoms with Crippen LogP contribution < -0.4 is 14.8 Å². The lowest BCUT2D eigenvalue weighted by atomic mass is 10.1. The first-order valence-corrected chi connectivity index (χ1v) is 6.53. The number of nitrogens with zero attached hydrogens (tertiary/aromatic N) is 2. The topological polar surface area (TPSA) is 72.1 Å². The molecule has 0 unspecified atom stereocenters. The number of anilines is 1. The second kappa shape index (κ2) is 5.70. The first kappa shape index (κ1) is 13.2. The molecule has 3 rings (SSSR count). The van der Waals surface area contributed by atoms with Gasteiger partial charge in [-0.1, -0.05) is 0 Å². The molecule has 2 aromatic heterocycles. The molecular formula is C15H16N4O2. The highest BCUT2D eigenvalue weighted by Gasteiger charge is 2.09. The lowest BCUT2D eigenvalue weighted by Crippen LogP contribution is -2.02. The minimum absolute atomic E-state index is 0.625. The first-order valence-electron chi connectivity index (χ1n) is 6.53. The molecule has 0 saturated carbocycles. The predicted octanol–water partition coefficient (Wildman–Crippen LogP) is 2.59. The van der Waals surface area contributed by atoms with Crippen LogP contribution in [0.25, 0.3) is 10.8 Å². The van der Waals surface area contributed by atoms with Gasteiger partial charge >= 0.3 is 0 Å². The monoisotopic (exact) mass is 284 g/mol. The average Bonchev–Trinajstić information content (AvgIpc) is 3.04. The molecule has 2 heterocycles. The number of hydrogen-bond acceptors (Lipinski definition) is 5. The molecule has 0 atom stereocenters. The Morgan fingerprint density at radius 3 is 2.71 bits per heavy atom. The van der Waals surface area contributed by atoms with Gasteiger partial charge in [0.1, 0.15) is 5.82 Å². The third kappa shape index (κ3) is 2.60. The number of aromatic nitrogens is 3. The van der Waals surface area contributed by atoms with Crippen LogP contribution in [0.5, 0.6) is 11.5 Å². The summed E-state index contributed by atoms with van der Waals surface area (Å²) in [5.41, 5.74) is 0.995. The highest BCUT2D eigenvalue weighted by molar-refractivity contribution is 5.94. The second-order valence-electron chi connectivity index (χ2n) is 4.52. The standard InChI is InChI=1S/C15H16N4O2/c1-20-13-5-10-3-4-17-15(12(10)6-14(13)21-2)18-8-11-7-16-9-19-11/h3-7,9H,8H2,1-2H3,(H,16,19)(H,17,18). The van der Waals surface area contributed by atoms with Gasteiger partial charge in [0.15, 0.2) is 11.5 Å². The van der Waals surface area contributed by atoms with Crippen LogP contribution in [0.4, 0.5) is 5.82 Å². The molecule has 21 heavy (non-hydrogen) atoms. The van der Waals surface area contributed by atoms with Crippen molar-refractivity contribution in [3.8, 4) is 11.5 Å². The molecule has 6 heteroatoms. The Kier molecular flexibility index (Phi) is 3.59. The maximum Gasteiger partial charge on any atom is 0.161 e. The van der Waals surface area contributed by atoms with E-state index in [1.807, 2.05) is 18.2 Å². The van der Waals surface area contributed by atoms with Gasteiger partial charge in [0.05, 0.1) is 32.8 Å². The number of aromatic amines is 1. The summed E-state index contributed by atoms with van der Waals surface area (Å²) in [4.78, 5) is 11.4. The van der Waals surface area contributed by atoms with E-state index < -0.39 is 0 Å². The fourth-order valence-electron chi connectivity index (χ4n) is 2.20. The van der Waals surface area contributed by atoms with Crippen molar-refractivity contribution in [2.24, 2.45) is 0 Å². The van der Waals surface area contributed by atoms with Gasteiger partial charge < -0.3 is 19.8 Å². The highest BCUT2D eigenvalue weighted by atomic mass is 16.5. The Morgan fingerprint density at radius 2 is 2.00 bits per heavy atom. The second-order valence-corrected chi connectivity index (χ2v) is 4.52. The van der Waals surface area contributed by atoms with Gasteiger partial charge in [0.2, 0.25) is 0 Å².